The smallest absolute Gasteiger partial charge is 0.290 e. The molecule has 0 spiro atoms. The van der Waals surface area contributed by atoms with Crippen molar-refractivity contribution >= 4 is 28.5 Å². The molecular formula is C18H12ClNO3. The van der Waals surface area contributed by atoms with Gasteiger partial charge in [-0.2, -0.15) is 0 Å². The van der Waals surface area contributed by atoms with Crippen LogP contribution in [0.2, 0.25) is 5.02 Å². The van der Waals surface area contributed by atoms with E-state index in [1.807, 2.05) is 30.3 Å². The number of rotatable bonds is 1. The van der Waals surface area contributed by atoms with Crippen LogP contribution in [0.15, 0.2) is 57.7 Å². The van der Waals surface area contributed by atoms with Gasteiger partial charge in [0.15, 0.2) is 5.43 Å². The fourth-order valence-electron chi connectivity index (χ4n) is 3.09. The molecule has 0 N–H and O–H groups in total. The van der Waals surface area contributed by atoms with Crippen molar-refractivity contribution in [1.82, 2.24) is 4.90 Å². The maximum Gasteiger partial charge on any atom is 0.290 e. The van der Waals surface area contributed by atoms with Crippen molar-refractivity contribution in [2.45, 2.75) is 6.04 Å². The summed E-state index contributed by atoms with van der Waals surface area (Å²) in [7, 11) is 1.67. The predicted octanol–water partition coefficient (Wildman–Crippen LogP) is 3.62. The Morgan fingerprint density at radius 3 is 2.57 bits per heavy atom. The first-order valence-electron chi connectivity index (χ1n) is 7.16. The Labute approximate surface area is 136 Å². The lowest BCUT2D eigenvalue weighted by molar-refractivity contribution is 0.0771. The molecule has 1 aliphatic heterocycles. The van der Waals surface area contributed by atoms with Crippen LogP contribution in [-0.4, -0.2) is 17.9 Å². The van der Waals surface area contributed by atoms with E-state index in [0.29, 0.717) is 21.6 Å². The highest BCUT2D eigenvalue weighted by atomic mass is 35.5. The number of hydrogen-bond acceptors (Lipinski definition) is 3. The summed E-state index contributed by atoms with van der Waals surface area (Å²) >= 11 is 5.99. The summed E-state index contributed by atoms with van der Waals surface area (Å²) in [5.74, 6) is -0.177. The molecule has 1 unspecified atom stereocenters. The predicted molar refractivity (Wildman–Crippen MR) is 87.9 cm³/mol. The number of carbonyl (C=O) groups excluding carboxylic acids is 1. The van der Waals surface area contributed by atoms with Gasteiger partial charge in [0, 0.05) is 12.1 Å². The van der Waals surface area contributed by atoms with Crippen LogP contribution in [0.25, 0.3) is 11.0 Å². The first kappa shape index (κ1) is 14.0. The SMILES string of the molecule is CN1C(=O)c2oc3ccc(Cl)cc3c(=O)c2C1c1ccccc1. The summed E-state index contributed by atoms with van der Waals surface area (Å²) in [4.78, 5) is 27.0. The molecule has 23 heavy (non-hydrogen) atoms. The van der Waals surface area contributed by atoms with Gasteiger partial charge in [0.05, 0.1) is 17.0 Å². The second kappa shape index (κ2) is 4.96. The van der Waals surface area contributed by atoms with Crippen molar-refractivity contribution in [2.24, 2.45) is 0 Å². The van der Waals surface area contributed by atoms with Crippen LogP contribution in [0.3, 0.4) is 0 Å². The number of amides is 1. The second-order valence-electron chi connectivity index (χ2n) is 5.54. The van der Waals surface area contributed by atoms with Crippen molar-refractivity contribution in [1.29, 1.82) is 0 Å². The number of fused-ring (bicyclic) bond motifs is 2. The van der Waals surface area contributed by atoms with Gasteiger partial charge >= 0.3 is 0 Å². The highest BCUT2D eigenvalue weighted by molar-refractivity contribution is 6.31. The summed E-state index contributed by atoms with van der Waals surface area (Å²) < 4.78 is 5.72. The van der Waals surface area contributed by atoms with Gasteiger partial charge in [-0.15, -0.1) is 0 Å². The maximum absolute atomic E-state index is 12.9. The van der Waals surface area contributed by atoms with E-state index in [-0.39, 0.29) is 17.1 Å². The number of halogens is 1. The summed E-state index contributed by atoms with van der Waals surface area (Å²) in [5.41, 5.74) is 1.40. The molecule has 1 amide bonds. The minimum atomic E-state index is -0.446. The third-order valence-electron chi connectivity index (χ3n) is 4.18. The Morgan fingerprint density at radius 1 is 1.09 bits per heavy atom. The van der Waals surface area contributed by atoms with Gasteiger partial charge in [-0.3, -0.25) is 9.59 Å². The first-order valence-corrected chi connectivity index (χ1v) is 7.54. The normalized spacial score (nSPS) is 16.9. The van der Waals surface area contributed by atoms with Crippen molar-refractivity contribution < 1.29 is 9.21 Å². The van der Waals surface area contributed by atoms with Crippen molar-refractivity contribution in [3.05, 3.63) is 80.7 Å². The summed E-state index contributed by atoms with van der Waals surface area (Å²) in [6, 6.07) is 13.8. The average molecular weight is 326 g/mol. The van der Waals surface area contributed by atoms with Crippen molar-refractivity contribution in [3.8, 4) is 0 Å². The molecule has 1 aliphatic rings. The van der Waals surface area contributed by atoms with Crippen LogP contribution >= 0.6 is 11.6 Å². The third kappa shape index (κ3) is 1.99. The zero-order valence-corrected chi connectivity index (χ0v) is 13.0. The monoisotopic (exact) mass is 325 g/mol. The Hall–Kier alpha value is -2.59. The minimum absolute atomic E-state index is 0.112. The van der Waals surface area contributed by atoms with Crippen molar-refractivity contribution in [2.75, 3.05) is 7.05 Å². The molecule has 1 atom stereocenters. The standard InChI is InChI=1S/C18H12ClNO3/c1-20-15(10-5-3-2-4-6-10)14-16(21)12-9-11(19)7-8-13(12)23-17(14)18(20)22/h2-9,15H,1H3. The largest absolute Gasteiger partial charge is 0.450 e. The lowest BCUT2D eigenvalue weighted by atomic mass is 9.99. The summed E-state index contributed by atoms with van der Waals surface area (Å²) in [6.45, 7) is 0. The van der Waals surface area contributed by atoms with Crippen LogP contribution < -0.4 is 5.43 Å². The fraction of sp³-hybridized carbons (Fsp3) is 0.111. The first-order chi connectivity index (χ1) is 11.1. The van der Waals surface area contributed by atoms with Crippen LogP contribution in [0, 0.1) is 0 Å². The van der Waals surface area contributed by atoms with E-state index >= 15 is 0 Å². The molecule has 0 aliphatic carbocycles. The number of benzene rings is 2. The lowest BCUT2D eigenvalue weighted by Crippen LogP contribution is -2.25. The molecule has 0 bridgehead atoms. The number of nitrogens with zero attached hydrogens (tertiary/aromatic N) is 1. The molecule has 1 aromatic heterocycles. The quantitative estimate of drug-likeness (QED) is 0.686. The second-order valence-corrected chi connectivity index (χ2v) is 5.98. The van der Waals surface area contributed by atoms with Gasteiger partial charge in [-0.25, -0.2) is 0 Å². The van der Waals surface area contributed by atoms with Crippen molar-refractivity contribution in [3.63, 3.8) is 0 Å². The van der Waals surface area contributed by atoms with E-state index in [1.54, 1.807) is 25.2 Å². The molecular weight excluding hydrogens is 314 g/mol. The Bertz CT molecular complexity index is 994. The zero-order valence-electron chi connectivity index (χ0n) is 12.2. The van der Waals surface area contributed by atoms with E-state index in [4.69, 9.17) is 16.0 Å². The number of carbonyl (C=O) groups is 1. The van der Waals surface area contributed by atoms with Gasteiger partial charge in [0.1, 0.15) is 5.58 Å². The minimum Gasteiger partial charge on any atom is -0.450 e. The highest BCUT2D eigenvalue weighted by Crippen LogP contribution is 2.36. The van der Waals surface area contributed by atoms with Gasteiger partial charge < -0.3 is 9.32 Å². The van der Waals surface area contributed by atoms with Gasteiger partial charge in [-0.1, -0.05) is 41.9 Å². The topological polar surface area (TPSA) is 50.5 Å². The van der Waals surface area contributed by atoms with Gasteiger partial charge in [0.25, 0.3) is 5.91 Å². The molecule has 2 heterocycles. The molecule has 0 saturated carbocycles. The maximum atomic E-state index is 12.9. The summed E-state index contributed by atoms with van der Waals surface area (Å²) in [6.07, 6.45) is 0. The molecule has 4 rings (SSSR count). The lowest BCUT2D eigenvalue weighted by Gasteiger charge is -2.20. The van der Waals surface area contributed by atoms with Crippen LogP contribution in [0.5, 0.6) is 0 Å². The molecule has 0 fully saturated rings. The highest BCUT2D eigenvalue weighted by Gasteiger charge is 2.40. The van der Waals surface area contributed by atoms with E-state index in [0.717, 1.165) is 5.56 Å². The molecule has 5 heteroatoms. The zero-order chi connectivity index (χ0) is 16.1. The molecule has 3 aromatic rings. The molecule has 0 saturated heterocycles. The Balaban J connectivity index is 2.06. The van der Waals surface area contributed by atoms with Gasteiger partial charge in [0.2, 0.25) is 5.76 Å². The number of hydrogen-bond donors (Lipinski definition) is 0. The van der Waals surface area contributed by atoms with Crippen LogP contribution in [-0.2, 0) is 0 Å². The third-order valence-corrected chi connectivity index (χ3v) is 4.41. The Morgan fingerprint density at radius 2 is 1.83 bits per heavy atom. The Kier molecular flexibility index (Phi) is 3.03. The van der Waals surface area contributed by atoms with E-state index in [9.17, 15) is 9.59 Å². The summed E-state index contributed by atoms with van der Waals surface area (Å²) in [5, 5.41) is 0.846. The van der Waals surface area contributed by atoms with Crippen LogP contribution in [0.4, 0.5) is 0 Å². The van der Waals surface area contributed by atoms with Gasteiger partial charge in [-0.05, 0) is 23.8 Å². The molecule has 4 nitrogen and oxygen atoms in total. The van der Waals surface area contributed by atoms with E-state index in [1.165, 1.54) is 4.90 Å². The van der Waals surface area contributed by atoms with E-state index < -0.39 is 6.04 Å². The molecule has 2 aromatic carbocycles. The van der Waals surface area contributed by atoms with Crippen LogP contribution in [0.1, 0.15) is 27.7 Å². The fourth-order valence-corrected chi connectivity index (χ4v) is 3.26. The molecule has 0 radical (unpaired) electrons. The average Bonchev–Trinajstić information content (AvgIpc) is 2.81. The molecule has 114 valence electrons. The van der Waals surface area contributed by atoms with E-state index in [2.05, 4.69) is 0 Å².